The van der Waals surface area contributed by atoms with Gasteiger partial charge in [0.15, 0.2) is 0 Å². The molecule has 0 saturated carbocycles. The minimum absolute atomic E-state index is 0.0600. The Labute approximate surface area is 151 Å². The van der Waals surface area contributed by atoms with Crippen LogP contribution in [0.3, 0.4) is 0 Å². The number of carbonyl (C=O) groups excluding carboxylic acids is 3. The Morgan fingerprint density at radius 3 is 2.76 bits per heavy atom. The average molecular weight is 364 g/mol. The maximum absolute atomic E-state index is 12.8. The van der Waals surface area contributed by atoms with Gasteiger partial charge in [-0.1, -0.05) is 32.4 Å². The molecule has 7 heteroatoms. The van der Waals surface area contributed by atoms with E-state index in [1.165, 1.54) is 4.90 Å². The number of nitrogens with zero attached hydrogens (tertiary/aromatic N) is 1. The molecule has 1 aromatic carbocycles. The average Bonchev–Trinajstić information content (AvgIpc) is 2.85. The SMILES string of the molecule is CC(C)(C)CC(=O)NC1CC2C(=O)Nc3cc(Cl)ccc3C(=O)N2C1. The summed E-state index contributed by atoms with van der Waals surface area (Å²) in [6.07, 6.45) is 0.810. The fourth-order valence-corrected chi connectivity index (χ4v) is 3.52. The molecule has 0 bridgehead atoms. The van der Waals surface area contributed by atoms with E-state index in [2.05, 4.69) is 10.6 Å². The van der Waals surface area contributed by atoms with E-state index in [4.69, 9.17) is 11.6 Å². The molecule has 134 valence electrons. The van der Waals surface area contributed by atoms with Gasteiger partial charge in [-0.2, -0.15) is 0 Å². The summed E-state index contributed by atoms with van der Waals surface area (Å²) in [5.74, 6) is -0.528. The van der Waals surface area contributed by atoms with Crippen molar-refractivity contribution in [2.45, 2.75) is 45.7 Å². The first kappa shape index (κ1) is 17.7. The van der Waals surface area contributed by atoms with E-state index >= 15 is 0 Å². The summed E-state index contributed by atoms with van der Waals surface area (Å²) in [6, 6.07) is 4.02. The third-order valence-electron chi connectivity index (χ3n) is 4.39. The second-order valence-electron chi connectivity index (χ2n) is 7.89. The highest BCUT2D eigenvalue weighted by Crippen LogP contribution is 2.31. The molecule has 0 radical (unpaired) electrons. The van der Waals surface area contributed by atoms with Gasteiger partial charge in [-0.05, 0) is 30.0 Å². The molecule has 1 aromatic rings. The van der Waals surface area contributed by atoms with E-state index in [9.17, 15) is 14.4 Å². The maximum atomic E-state index is 12.8. The summed E-state index contributed by atoms with van der Waals surface area (Å²) < 4.78 is 0. The van der Waals surface area contributed by atoms with Crippen molar-refractivity contribution in [3.8, 4) is 0 Å². The summed E-state index contributed by atoms with van der Waals surface area (Å²) >= 11 is 5.96. The highest BCUT2D eigenvalue weighted by molar-refractivity contribution is 6.31. The standard InChI is InChI=1S/C18H22ClN3O3/c1-18(2,3)8-15(23)20-11-7-14-16(24)21-13-6-10(19)4-5-12(13)17(25)22(14)9-11/h4-6,11,14H,7-9H2,1-3H3,(H,20,23)(H,21,24). The Balaban J connectivity index is 1.77. The van der Waals surface area contributed by atoms with Crippen LogP contribution >= 0.6 is 11.6 Å². The van der Waals surface area contributed by atoms with Gasteiger partial charge >= 0.3 is 0 Å². The quantitative estimate of drug-likeness (QED) is 0.847. The molecule has 0 aliphatic carbocycles. The number of halogens is 1. The van der Waals surface area contributed by atoms with E-state index in [1.807, 2.05) is 20.8 Å². The molecule has 2 aliphatic heterocycles. The van der Waals surface area contributed by atoms with Crippen LogP contribution in [0.15, 0.2) is 18.2 Å². The first-order chi connectivity index (χ1) is 11.6. The van der Waals surface area contributed by atoms with Gasteiger partial charge in [-0.25, -0.2) is 0 Å². The summed E-state index contributed by atoms with van der Waals surface area (Å²) in [5.41, 5.74) is 0.741. The van der Waals surface area contributed by atoms with Crippen LogP contribution in [-0.2, 0) is 9.59 Å². The lowest BCUT2D eigenvalue weighted by Crippen LogP contribution is -2.41. The van der Waals surface area contributed by atoms with Gasteiger partial charge in [0.05, 0.1) is 11.3 Å². The predicted molar refractivity (Wildman–Crippen MR) is 95.5 cm³/mol. The third kappa shape index (κ3) is 3.79. The van der Waals surface area contributed by atoms with Crippen molar-refractivity contribution < 1.29 is 14.4 Å². The monoisotopic (exact) mass is 363 g/mol. The number of rotatable bonds is 2. The van der Waals surface area contributed by atoms with E-state index in [0.29, 0.717) is 35.7 Å². The highest BCUT2D eigenvalue weighted by Gasteiger charge is 2.43. The Morgan fingerprint density at radius 2 is 2.08 bits per heavy atom. The zero-order chi connectivity index (χ0) is 18.4. The molecular formula is C18H22ClN3O3. The van der Waals surface area contributed by atoms with Crippen molar-refractivity contribution in [1.29, 1.82) is 0 Å². The molecule has 0 spiro atoms. The molecule has 2 unspecified atom stereocenters. The lowest BCUT2D eigenvalue weighted by molar-refractivity contribution is -0.123. The number of anilines is 1. The van der Waals surface area contributed by atoms with Crippen LogP contribution in [0, 0.1) is 5.41 Å². The van der Waals surface area contributed by atoms with Crippen LogP contribution in [0.25, 0.3) is 0 Å². The molecular weight excluding hydrogens is 342 g/mol. The number of hydrogen-bond donors (Lipinski definition) is 2. The largest absolute Gasteiger partial charge is 0.351 e. The second kappa shape index (κ2) is 6.33. The summed E-state index contributed by atoms with van der Waals surface area (Å²) in [4.78, 5) is 39.0. The lowest BCUT2D eigenvalue weighted by atomic mass is 9.92. The van der Waals surface area contributed by atoms with Crippen LogP contribution in [0.1, 0.15) is 44.0 Å². The zero-order valence-corrected chi connectivity index (χ0v) is 15.3. The van der Waals surface area contributed by atoms with Crippen LogP contribution in [0.2, 0.25) is 5.02 Å². The van der Waals surface area contributed by atoms with Gasteiger partial charge in [0, 0.05) is 24.0 Å². The number of nitrogens with one attached hydrogen (secondary N) is 2. The molecule has 6 nitrogen and oxygen atoms in total. The Hall–Kier alpha value is -2.08. The van der Waals surface area contributed by atoms with Crippen LogP contribution in [0.4, 0.5) is 5.69 Å². The first-order valence-corrected chi connectivity index (χ1v) is 8.72. The number of carbonyl (C=O) groups is 3. The van der Waals surface area contributed by atoms with E-state index in [-0.39, 0.29) is 29.2 Å². The van der Waals surface area contributed by atoms with E-state index in [0.717, 1.165) is 0 Å². The van der Waals surface area contributed by atoms with Gasteiger partial charge in [-0.3, -0.25) is 14.4 Å². The third-order valence-corrected chi connectivity index (χ3v) is 4.63. The molecule has 2 heterocycles. The number of fused-ring (bicyclic) bond motifs is 2. The molecule has 3 rings (SSSR count). The number of hydrogen-bond acceptors (Lipinski definition) is 3. The van der Waals surface area contributed by atoms with Crippen molar-refractivity contribution in [3.05, 3.63) is 28.8 Å². The molecule has 2 aliphatic rings. The minimum Gasteiger partial charge on any atom is -0.351 e. The summed E-state index contributed by atoms with van der Waals surface area (Å²) in [6.45, 7) is 6.31. The first-order valence-electron chi connectivity index (χ1n) is 8.35. The molecule has 3 amide bonds. The highest BCUT2D eigenvalue weighted by atomic mass is 35.5. The molecule has 0 aromatic heterocycles. The molecule has 1 saturated heterocycles. The number of benzene rings is 1. The van der Waals surface area contributed by atoms with Gasteiger partial charge in [0.25, 0.3) is 5.91 Å². The van der Waals surface area contributed by atoms with Crippen molar-refractivity contribution in [1.82, 2.24) is 10.2 Å². The molecule has 2 N–H and O–H groups in total. The van der Waals surface area contributed by atoms with Crippen molar-refractivity contribution in [3.63, 3.8) is 0 Å². The Kier molecular flexibility index (Phi) is 4.49. The Bertz CT molecular complexity index is 742. The van der Waals surface area contributed by atoms with Crippen molar-refractivity contribution in [2.24, 2.45) is 5.41 Å². The fraction of sp³-hybridized carbons (Fsp3) is 0.500. The summed E-state index contributed by atoms with van der Waals surface area (Å²) in [7, 11) is 0. The smallest absolute Gasteiger partial charge is 0.256 e. The van der Waals surface area contributed by atoms with Crippen LogP contribution in [-0.4, -0.2) is 41.2 Å². The maximum Gasteiger partial charge on any atom is 0.256 e. The van der Waals surface area contributed by atoms with Gasteiger partial charge in [0.1, 0.15) is 6.04 Å². The minimum atomic E-state index is -0.585. The van der Waals surface area contributed by atoms with Crippen molar-refractivity contribution in [2.75, 3.05) is 11.9 Å². The van der Waals surface area contributed by atoms with Gasteiger partial charge in [0.2, 0.25) is 11.8 Å². The Morgan fingerprint density at radius 1 is 1.36 bits per heavy atom. The molecule has 2 atom stereocenters. The van der Waals surface area contributed by atoms with E-state index in [1.54, 1.807) is 18.2 Å². The fourth-order valence-electron chi connectivity index (χ4n) is 3.35. The molecule has 25 heavy (non-hydrogen) atoms. The van der Waals surface area contributed by atoms with Crippen LogP contribution < -0.4 is 10.6 Å². The zero-order valence-electron chi connectivity index (χ0n) is 14.6. The van der Waals surface area contributed by atoms with Crippen molar-refractivity contribution >= 4 is 35.0 Å². The normalized spacial score (nSPS) is 22.8. The van der Waals surface area contributed by atoms with Crippen LogP contribution in [0.5, 0.6) is 0 Å². The van der Waals surface area contributed by atoms with E-state index < -0.39 is 6.04 Å². The van der Waals surface area contributed by atoms with Gasteiger partial charge < -0.3 is 15.5 Å². The number of amides is 3. The predicted octanol–water partition coefficient (Wildman–Crippen LogP) is 2.43. The van der Waals surface area contributed by atoms with Gasteiger partial charge in [-0.15, -0.1) is 0 Å². The topological polar surface area (TPSA) is 78.5 Å². The summed E-state index contributed by atoms with van der Waals surface area (Å²) in [5, 5.41) is 6.19. The second-order valence-corrected chi connectivity index (χ2v) is 8.33. The molecule has 1 fully saturated rings. The lowest BCUT2D eigenvalue weighted by Gasteiger charge is -2.21.